The highest BCUT2D eigenvalue weighted by atomic mass is 32.1. The van der Waals surface area contributed by atoms with Gasteiger partial charge in [0.2, 0.25) is 5.91 Å². The molecule has 0 radical (unpaired) electrons. The Labute approximate surface area is 86.2 Å². The Morgan fingerprint density at radius 2 is 1.92 bits per heavy atom. The van der Waals surface area contributed by atoms with Gasteiger partial charge >= 0.3 is 5.97 Å². The zero-order valence-corrected chi connectivity index (χ0v) is 11.1. The molecule has 0 aromatic carbocycles. The molecule has 0 saturated heterocycles. The Hall–Kier alpha value is -0.493. The summed E-state index contributed by atoms with van der Waals surface area (Å²) in [6.07, 6.45) is 0. The van der Waals surface area contributed by atoms with Crippen molar-refractivity contribution in [1.29, 1.82) is 0 Å². The number of carboxylic acids is 1. The summed E-state index contributed by atoms with van der Waals surface area (Å²) < 4.78 is 0.592. The first-order valence-corrected chi connectivity index (χ1v) is 5.20. The Balaban J connectivity index is 4.83. The molecule has 0 saturated carbocycles. The number of hydrogen-bond acceptors (Lipinski definition) is 3. The maximum absolute atomic E-state index is 11.0. The van der Waals surface area contributed by atoms with Gasteiger partial charge in [0.15, 0.2) is 0 Å². The van der Waals surface area contributed by atoms with Crippen molar-refractivity contribution in [3.8, 4) is 0 Å². The van der Waals surface area contributed by atoms with Gasteiger partial charge in [-0.15, -0.1) is 0 Å². The number of hydrogen-bond donors (Lipinski definition) is 2. The fourth-order valence-electron chi connectivity index (χ4n) is 1.12. The average molecular weight is 221 g/mol. The molecule has 0 unspecified atom stereocenters. The van der Waals surface area contributed by atoms with Crippen LogP contribution in [0.2, 0.25) is 0 Å². The SMILES string of the molecule is CC(=O)N([SiH3])[C@H](C(=O)O)C(C)(C)S. The fraction of sp³-hybridized carbons (Fsp3) is 0.714. The Kier molecular flexibility index (Phi) is 3.99. The second-order valence-electron chi connectivity index (χ2n) is 3.52. The first kappa shape index (κ1) is 12.5. The molecule has 1 atom stereocenters. The highest BCUT2D eigenvalue weighted by Gasteiger charge is 2.36. The van der Waals surface area contributed by atoms with Gasteiger partial charge in [-0.1, -0.05) is 0 Å². The molecule has 0 aliphatic carbocycles. The van der Waals surface area contributed by atoms with Crippen molar-refractivity contribution < 1.29 is 14.7 Å². The third kappa shape index (κ3) is 3.39. The fourth-order valence-corrected chi connectivity index (χ4v) is 2.49. The Morgan fingerprint density at radius 1 is 1.54 bits per heavy atom. The summed E-state index contributed by atoms with van der Waals surface area (Å²) in [5.41, 5.74) is 0. The molecule has 1 N–H and O–H groups in total. The molecule has 0 aromatic heterocycles. The van der Waals surface area contributed by atoms with Gasteiger partial charge in [0.05, 0.1) is 0 Å². The summed E-state index contributed by atoms with van der Waals surface area (Å²) in [5.74, 6) is -1.23. The largest absolute Gasteiger partial charge is 0.480 e. The van der Waals surface area contributed by atoms with E-state index in [1.807, 2.05) is 0 Å². The molecule has 0 rings (SSSR count). The van der Waals surface area contributed by atoms with Crippen LogP contribution in [0.4, 0.5) is 0 Å². The summed E-state index contributed by atoms with van der Waals surface area (Å²) in [6.45, 7) is 4.73. The van der Waals surface area contributed by atoms with E-state index in [4.69, 9.17) is 5.11 Å². The predicted octanol–water partition coefficient (Wildman–Crippen LogP) is -0.723. The lowest BCUT2D eigenvalue weighted by Gasteiger charge is -2.33. The molecule has 0 aromatic rings. The van der Waals surface area contributed by atoms with E-state index in [2.05, 4.69) is 12.6 Å². The molecule has 1 amide bonds. The van der Waals surface area contributed by atoms with E-state index < -0.39 is 16.8 Å². The van der Waals surface area contributed by atoms with Gasteiger partial charge in [-0.3, -0.25) is 4.79 Å². The molecule has 76 valence electrons. The maximum atomic E-state index is 11.0. The maximum Gasteiger partial charge on any atom is 0.327 e. The van der Waals surface area contributed by atoms with Crippen LogP contribution in [0, 0.1) is 0 Å². The topological polar surface area (TPSA) is 57.6 Å². The van der Waals surface area contributed by atoms with Crippen LogP contribution in [0.15, 0.2) is 0 Å². The van der Waals surface area contributed by atoms with E-state index in [0.717, 1.165) is 0 Å². The molecule has 0 aliphatic heterocycles. The van der Waals surface area contributed by atoms with E-state index in [0.29, 0.717) is 10.4 Å². The molecular formula is C7H15NO3SSi. The minimum absolute atomic E-state index is 0.221. The lowest BCUT2D eigenvalue weighted by Crippen LogP contribution is -2.52. The molecule has 0 heterocycles. The molecule has 13 heavy (non-hydrogen) atoms. The Bertz CT molecular complexity index is 226. The van der Waals surface area contributed by atoms with Crippen molar-refractivity contribution in [2.45, 2.75) is 31.6 Å². The van der Waals surface area contributed by atoms with Crippen LogP contribution < -0.4 is 0 Å². The third-order valence-electron chi connectivity index (χ3n) is 1.79. The molecule has 4 nitrogen and oxygen atoms in total. The summed E-state index contributed by atoms with van der Waals surface area (Å²) in [4.78, 5) is 21.9. The number of carboxylic acid groups (broad SMARTS) is 1. The number of amides is 1. The van der Waals surface area contributed by atoms with Crippen molar-refractivity contribution in [2.75, 3.05) is 0 Å². The van der Waals surface area contributed by atoms with Crippen molar-refractivity contribution in [3.63, 3.8) is 0 Å². The van der Waals surface area contributed by atoms with Gasteiger partial charge < -0.3 is 9.67 Å². The summed E-state index contributed by atoms with van der Waals surface area (Å²) in [7, 11) is 0.390. The first-order valence-electron chi connectivity index (χ1n) is 3.86. The van der Waals surface area contributed by atoms with E-state index in [9.17, 15) is 9.59 Å². The van der Waals surface area contributed by atoms with Crippen molar-refractivity contribution >= 4 is 34.9 Å². The molecule has 0 bridgehead atoms. The summed E-state index contributed by atoms with van der Waals surface area (Å²) in [5, 5.41) is 8.91. The van der Waals surface area contributed by atoms with E-state index in [1.165, 1.54) is 11.5 Å². The van der Waals surface area contributed by atoms with Gasteiger partial charge in [-0.05, 0) is 13.8 Å². The molecular weight excluding hydrogens is 206 g/mol. The second kappa shape index (κ2) is 4.14. The molecule has 0 aliphatic rings. The normalized spacial score (nSPS) is 13.8. The third-order valence-corrected chi connectivity index (χ3v) is 3.18. The number of aliphatic carboxylic acids is 1. The van der Waals surface area contributed by atoms with Gasteiger partial charge in [0.1, 0.15) is 16.4 Å². The van der Waals surface area contributed by atoms with Gasteiger partial charge in [0.25, 0.3) is 0 Å². The number of nitrogens with zero attached hydrogens (tertiary/aromatic N) is 1. The lowest BCUT2D eigenvalue weighted by atomic mass is 10.0. The smallest absolute Gasteiger partial charge is 0.327 e. The number of carbonyl (C=O) groups excluding carboxylic acids is 1. The lowest BCUT2D eigenvalue weighted by molar-refractivity contribution is -0.146. The number of thiol groups is 1. The zero-order chi connectivity index (χ0) is 10.8. The van der Waals surface area contributed by atoms with Crippen LogP contribution >= 0.6 is 12.6 Å². The van der Waals surface area contributed by atoms with Crippen molar-refractivity contribution in [1.82, 2.24) is 4.57 Å². The number of carbonyl (C=O) groups is 2. The van der Waals surface area contributed by atoms with Gasteiger partial charge in [-0.2, -0.15) is 12.6 Å². The van der Waals surface area contributed by atoms with E-state index in [1.54, 1.807) is 13.8 Å². The zero-order valence-electron chi connectivity index (χ0n) is 8.24. The standard InChI is InChI=1S/C7H15NO3SSi/c1-4(9)8(13)5(6(10)11)7(2,3)12/h5,12H,1-3,13H3,(H,10,11)/t5-/m1/s1. The van der Waals surface area contributed by atoms with E-state index in [-0.39, 0.29) is 5.91 Å². The van der Waals surface area contributed by atoms with Crippen LogP contribution in [-0.2, 0) is 9.59 Å². The van der Waals surface area contributed by atoms with Crippen LogP contribution in [0.25, 0.3) is 0 Å². The minimum atomic E-state index is -1.01. The summed E-state index contributed by atoms with van der Waals surface area (Å²) in [6, 6.07) is -0.847. The predicted molar refractivity (Wildman–Crippen MR) is 56.9 cm³/mol. The first-order chi connectivity index (χ1) is 5.68. The highest BCUT2D eigenvalue weighted by molar-refractivity contribution is 7.81. The highest BCUT2D eigenvalue weighted by Crippen LogP contribution is 2.21. The van der Waals surface area contributed by atoms with Crippen LogP contribution in [-0.4, -0.2) is 42.7 Å². The second-order valence-corrected chi connectivity index (χ2v) is 5.64. The van der Waals surface area contributed by atoms with Crippen molar-refractivity contribution in [2.24, 2.45) is 0 Å². The number of rotatable bonds is 3. The van der Waals surface area contributed by atoms with E-state index >= 15 is 0 Å². The van der Waals surface area contributed by atoms with Gasteiger partial charge in [0, 0.05) is 11.7 Å². The average Bonchev–Trinajstić information content (AvgIpc) is 1.82. The van der Waals surface area contributed by atoms with Gasteiger partial charge in [-0.25, -0.2) is 4.79 Å². The van der Waals surface area contributed by atoms with Crippen LogP contribution in [0.1, 0.15) is 20.8 Å². The monoisotopic (exact) mass is 221 g/mol. The molecule has 0 fully saturated rings. The molecule has 0 spiro atoms. The van der Waals surface area contributed by atoms with Crippen LogP contribution in [0.3, 0.4) is 0 Å². The van der Waals surface area contributed by atoms with Crippen LogP contribution in [0.5, 0.6) is 0 Å². The minimum Gasteiger partial charge on any atom is -0.480 e. The quantitative estimate of drug-likeness (QED) is 0.488. The summed E-state index contributed by atoms with van der Waals surface area (Å²) >= 11 is 4.17. The van der Waals surface area contributed by atoms with Crippen molar-refractivity contribution in [3.05, 3.63) is 0 Å². The Morgan fingerprint density at radius 3 is 2.00 bits per heavy atom. The molecule has 6 heteroatoms.